The van der Waals surface area contributed by atoms with Gasteiger partial charge in [0.15, 0.2) is 6.61 Å². The van der Waals surface area contributed by atoms with Crippen molar-refractivity contribution < 1.29 is 24.0 Å². The average Bonchev–Trinajstić information content (AvgIpc) is 2.60. The van der Waals surface area contributed by atoms with Gasteiger partial charge in [-0.2, -0.15) is 0 Å². The minimum absolute atomic E-state index is 0.00466. The van der Waals surface area contributed by atoms with Crippen molar-refractivity contribution in [3.8, 4) is 5.75 Å². The molecule has 0 aromatic heterocycles. The van der Waals surface area contributed by atoms with E-state index in [1.165, 1.54) is 12.1 Å². The SMILES string of the molecule is Cc1ccc(C)c(OCC(=O)OCc2ccc(C(N)=O)cc2[N+](=O)[O-])c1. The van der Waals surface area contributed by atoms with E-state index >= 15 is 0 Å². The van der Waals surface area contributed by atoms with Crippen LogP contribution in [0.3, 0.4) is 0 Å². The van der Waals surface area contributed by atoms with E-state index in [4.69, 9.17) is 15.2 Å². The van der Waals surface area contributed by atoms with Crippen LogP contribution in [-0.4, -0.2) is 23.4 Å². The zero-order chi connectivity index (χ0) is 19.3. The van der Waals surface area contributed by atoms with Crippen LogP contribution in [0.5, 0.6) is 5.75 Å². The minimum Gasteiger partial charge on any atom is -0.482 e. The van der Waals surface area contributed by atoms with Crippen LogP contribution in [0, 0.1) is 24.0 Å². The van der Waals surface area contributed by atoms with Crippen molar-refractivity contribution in [1.82, 2.24) is 0 Å². The van der Waals surface area contributed by atoms with Gasteiger partial charge in [-0.15, -0.1) is 0 Å². The number of nitrogens with zero attached hydrogens (tertiary/aromatic N) is 1. The minimum atomic E-state index is -0.779. The van der Waals surface area contributed by atoms with Crippen LogP contribution < -0.4 is 10.5 Å². The number of hydrogen-bond acceptors (Lipinski definition) is 6. The van der Waals surface area contributed by atoms with Crippen LogP contribution in [0.25, 0.3) is 0 Å². The number of carbonyl (C=O) groups is 2. The molecule has 0 unspecified atom stereocenters. The topological polar surface area (TPSA) is 122 Å². The fraction of sp³-hybridized carbons (Fsp3) is 0.222. The summed E-state index contributed by atoms with van der Waals surface area (Å²) in [6.07, 6.45) is 0. The third-order valence-corrected chi connectivity index (χ3v) is 3.64. The molecule has 8 heteroatoms. The Morgan fingerprint density at radius 2 is 1.88 bits per heavy atom. The van der Waals surface area contributed by atoms with Gasteiger partial charge in [0.25, 0.3) is 5.69 Å². The number of ether oxygens (including phenoxy) is 2. The number of esters is 1. The lowest BCUT2D eigenvalue weighted by Crippen LogP contribution is -2.16. The van der Waals surface area contributed by atoms with Crippen molar-refractivity contribution in [3.05, 3.63) is 68.8 Å². The van der Waals surface area contributed by atoms with Gasteiger partial charge < -0.3 is 15.2 Å². The van der Waals surface area contributed by atoms with E-state index in [-0.39, 0.29) is 30.0 Å². The molecule has 0 aliphatic heterocycles. The summed E-state index contributed by atoms with van der Waals surface area (Å²) in [6, 6.07) is 9.32. The lowest BCUT2D eigenvalue weighted by atomic mass is 10.1. The van der Waals surface area contributed by atoms with Crippen molar-refractivity contribution in [1.29, 1.82) is 0 Å². The van der Waals surface area contributed by atoms with Gasteiger partial charge in [-0.25, -0.2) is 4.79 Å². The first kappa shape index (κ1) is 18.9. The Hall–Kier alpha value is -3.42. The third-order valence-electron chi connectivity index (χ3n) is 3.64. The number of nitrogens with two attached hydrogens (primary N) is 1. The molecule has 0 aliphatic carbocycles. The molecule has 0 saturated heterocycles. The average molecular weight is 358 g/mol. The number of carbonyl (C=O) groups excluding carboxylic acids is 2. The smallest absolute Gasteiger partial charge is 0.344 e. The number of benzene rings is 2. The van der Waals surface area contributed by atoms with Crippen molar-refractivity contribution in [3.63, 3.8) is 0 Å². The Morgan fingerprint density at radius 3 is 2.54 bits per heavy atom. The van der Waals surface area contributed by atoms with Crippen LogP contribution in [0.1, 0.15) is 27.0 Å². The highest BCUT2D eigenvalue weighted by Crippen LogP contribution is 2.22. The summed E-state index contributed by atoms with van der Waals surface area (Å²) in [6.45, 7) is 3.12. The zero-order valence-electron chi connectivity index (χ0n) is 14.4. The first-order valence-electron chi connectivity index (χ1n) is 7.70. The van der Waals surface area contributed by atoms with E-state index in [0.717, 1.165) is 17.2 Å². The maximum absolute atomic E-state index is 11.9. The maximum atomic E-state index is 11.9. The van der Waals surface area contributed by atoms with Crippen molar-refractivity contribution in [2.45, 2.75) is 20.5 Å². The Labute approximate surface area is 149 Å². The van der Waals surface area contributed by atoms with Gasteiger partial charge in [0.1, 0.15) is 12.4 Å². The highest BCUT2D eigenvalue weighted by atomic mass is 16.6. The second kappa shape index (κ2) is 8.11. The van der Waals surface area contributed by atoms with E-state index in [1.807, 2.05) is 26.0 Å². The molecule has 2 aromatic carbocycles. The first-order valence-corrected chi connectivity index (χ1v) is 7.70. The lowest BCUT2D eigenvalue weighted by molar-refractivity contribution is -0.385. The van der Waals surface area contributed by atoms with E-state index in [9.17, 15) is 19.7 Å². The highest BCUT2D eigenvalue weighted by Gasteiger charge is 2.18. The van der Waals surface area contributed by atoms with Crippen LogP contribution in [0.15, 0.2) is 36.4 Å². The number of nitro groups is 1. The van der Waals surface area contributed by atoms with Crippen molar-refractivity contribution in [2.24, 2.45) is 5.73 Å². The van der Waals surface area contributed by atoms with Crippen LogP contribution in [-0.2, 0) is 16.1 Å². The van der Waals surface area contributed by atoms with Crippen LogP contribution in [0.4, 0.5) is 5.69 Å². The van der Waals surface area contributed by atoms with Gasteiger partial charge in [-0.3, -0.25) is 14.9 Å². The molecule has 136 valence electrons. The number of rotatable bonds is 7. The molecule has 1 amide bonds. The number of hydrogen-bond donors (Lipinski definition) is 1. The predicted octanol–water partition coefficient (Wildman–Crippen LogP) is 2.43. The second-order valence-electron chi connectivity index (χ2n) is 5.68. The molecule has 2 rings (SSSR count). The van der Waals surface area contributed by atoms with Gasteiger partial charge in [-0.05, 0) is 43.2 Å². The second-order valence-corrected chi connectivity index (χ2v) is 5.68. The van der Waals surface area contributed by atoms with E-state index in [1.54, 1.807) is 6.07 Å². The maximum Gasteiger partial charge on any atom is 0.344 e. The fourth-order valence-corrected chi connectivity index (χ4v) is 2.21. The Morgan fingerprint density at radius 1 is 1.15 bits per heavy atom. The zero-order valence-corrected chi connectivity index (χ0v) is 14.4. The van der Waals surface area contributed by atoms with Gasteiger partial charge in [0, 0.05) is 11.6 Å². The molecule has 0 saturated carbocycles. The van der Waals surface area contributed by atoms with Crippen LogP contribution >= 0.6 is 0 Å². The van der Waals surface area contributed by atoms with Crippen LogP contribution in [0.2, 0.25) is 0 Å². The summed E-state index contributed by atoms with van der Waals surface area (Å²) < 4.78 is 10.5. The van der Waals surface area contributed by atoms with Crippen molar-refractivity contribution in [2.75, 3.05) is 6.61 Å². The quantitative estimate of drug-likeness (QED) is 0.461. The Bertz CT molecular complexity index is 863. The van der Waals surface area contributed by atoms with Gasteiger partial charge in [0.2, 0.25) is 5.91 Å². The molecule has 0 bridgehead atoms. The number of primary amides is 1. The molecule has 0 spiro atoms. The molecule has 26 heavy (non-hydrogen) atoms. The monoisotopic (exact) mass is 358 g/mol. The number of nitro benzene ring substituents is 1. The summed E-state index contributed by atoms with van der Waals surface area (Å²) in [5.74, 6) is -0.878. The highest BCUT2D eigenvalue weighted by molar-refractivity contribution is 5.93. The first-order chi connectivity index (χ1) is 12.3. The molecule has 0 fully saturated rings. The van der Waals surface area contributed by atoms with E-state index < -0.39 is 16.8 Å². The molecule has 0 heterocycles. The molecular weight excluding hydrogens is 340 g/mol. The molecule has 2 N–H and O–H groups in total. The molecule has 8 nitrogen and oxygen atoms in total. The number of amides is 1. The Kier molecular flexibility index (Phi) is 5.90. The molecule has 0 atom stereocenters. The largest absolute Gasteiger partial charge is 0.482 e. The summed E-state index contributed by atoms with van der Waals surface area (Å²) in [5, 5.41) is 11.1. The third kappa shape index (κ3) is 4.79. The van der Waals surface area contributed by atoms with Crippen molar-refractivity contribution >= 4 is 17.6 Å². The lowest BCUT2D eigenvalue weighted by Gasteiger charge is -2.10. The summed E-state index contributed by atoms with van der Waals surface area (Å²) in [4.78, 5) is 33.4. The summed E-state index contributed by atoms with van der Waals surface area (Å²) >= 11 is 0. The normalized spacial score (nSPS) is 10.2. The fourth-order valence-electron chi connectivity index (χ4n) is 2.21. The van der Waals surface area contributed by atoms with Gasteiger partial charge >= 0.3 is 5.97 Å². The predicted molar refractivity (Wildman–Crippen MR) is 92.8 cm³/mol. The molecular formula is C18H18N2O6. The van der Waals surface area contributed by atoms with Gasteiger partial charge in [0.05, 0.1) is 10.5 Å². The summed E-state index contributed by atoms with van der Waals surface area (Å²) in [5.41, 5.74) is 6.79. The van der Waals surface area contributed by atoms with E-state index in [2.05, 4.69) is 0 Å². The molecule has 2 aromatic rings. The van der Waals surface area contributed by atoms with E-state index in [0.29, 0.717) is 5.75 Å². The van der Waals surface area contributed by atoms with Gasteiger partial charge in [-0.1, -0.05) is 12.1 Å². The standard InChI is InChI=1S/C18H18N2O6/c1-11-3-4-12(2)16(7-11)25-10-17(21)26-9-14-6-5-13(18(19)22)8-15(14)20(23)24/h3-8H,9-10H2,1-2H3,(H2,19,22). The summed E-state index contributed by atoms with van der Waals surface area (Å²) in [7, 11) is 0. The molecule has 0 radical (unpaired) electrons. The Balaban J connectivity index is 1.99. The molecule has 0 aliphatic rings. The number of aryl methyl sites for hydroxylation is 2.